The minimum Gasteiger partial charge on any atom is -0.340 e. The van der Waals surface area contributed by atoms with Crippen molar-refractivity contribution in [3.63, 3.8) is 0 Å². The minimum absolute atomic E-state index is 0.175. The van der Waals surface area contributed by atoms with Crippen LogP contribution in [0.15, 0.2) is 21.3 Å². The average Bonchev–Trinajstić information content (AvgIpc) is 3.08. The standard InChI is InChI=1S/C14H16BrN3OS2/c1-10(19)18-5-3-17(4-6-18)8-13-16-12(9-21-13)14-11(15)2-7-20-14/h2,7,9H,3-6,8H2,1H3. The number of piperazine rings is 1. The lowest BCUT2D eigenvalue weighted by Crippen LogP contribution is -2.47. The summed E-state index contributed by atoms with van der Waals surface area (Å²) in [6, 6.07) is 2.06. The first-order valence-electron chi connectivity index (χ1n) is 6.79. The summed E-state index contributed by atoms with van der Waals surface area (Å²) in [5.41, 5.74) is 1.05. The molecular weight excluding hydrogens is 370 g/mol. The van der Waals surface area contributed by atoms with Gasteiger partial charge in [-0.15, -0.1) is 22.7 Å². The lowest BCUT2D eigenvalue weighted by molar-refractivity contribution is -0.130. The molecule has 0 spiro atoms. The normalized spacial score (nSPS) is 16.4. The maximum atomic E-state index is 11.3. The quantitative estimate of drug-likeness (QED) is 0.812. The van der Waals surface area contributed by atoms with E-state index in [1.165, 1.54) is 4.88 Å². The minimum atomic E-state index is 0.175. The Balaban J connectivity index is 1.61. The number of carbonyl (C=O) groups excluding carboxylic acids is 1. The number of thiazole rings is 1. The van der Waals surface area contributed by atoms with Crippen LogP contribution in [0.25, 0.3) is 10.6 Å². The molecule has 1 saturated heterocycles. The van der Waals surface area contributed by atoms with Gasteiger partial charge in [0, 0.05) is 43.0 Å². The van der Waals surface area contributed by atoms with Crippen LogP contribution < -0.4 is 0 Å². The van der Waals surface area contributed by atoms with E-state index in [0.29, 0.717) is 0 Å². The van der Waals surface area contributed by atoms with Crippen molar-refractivity contribution < 1.29 is 4.79 Å². The SMILES string of the molecule is CC(=O)N1CCN(Cc2nc(-c3sccc3Br)cs2)CC1. The van der Waals surface area contributed by atoms with E-state index in [0.717, 1.165) is 47.9 Å². The highest BCUT2D eigenvalue weighted by Crippen LogP contribution is 2.34. The maximum absolute atomic E-state index is 11.3. The molecule has 0 aliphatic carbocycles. The second-order valence-corrected chi connectivity index (χ2v) is 7.72. The van der Waals surface area contributed by atoms with Crippen molar-refractivity contribution in [1.29, 1.82) is 0 Å². The molecule has 1 amide bonds. The largest absolute Gasteiger partial charge is 0.340 e. The van der Waals surface area contributed by atoms with Gasteiger partial charge in [-0.2, -0.15) is 0 Å². The van der Waals surface area contributed by atoms with Gasteiger partial charge in [0.2, 0.25) is 5.91 Å². The Hall–Kier alpha value is -0.760. The molecule has 0 atom stereocenters. The zero-order valence-corrected chi connectivity index (χ0v) is 14.9. The Bertz CT molecular complexity index is 632. The number of carbonyl (C=O) groups is 1. The number of hydrogen-bond donors (Lipinski definition) is 0. The van der Waals surface area contributed by atoms with Gasteiger partial charge in [-0.25, -0.2) is 4.98 Å². The van der Waals surface area contributed by atoms with E-state index in [9.17, 15) is 4.79 Å². The van der Waals surface area contributed by atoms with E-state index >= 15 is 0 Å². The number of nitrogens with zero attached hydrogens (tertiary/aromatic N) is 3. The lowest BCUT2D eigenvalue weighted by atomic mass is 10.3. The van der Waals surface area contributed by atoms with E-state index in [2.05, 4.69) is 37.7 Å². The average molecular weight is 386 g/mol. The third-order valence-electron chi connectivity index (χ3n) is 3.58. The molecule has 2 aromatic heterocycles. The topological polar surface area (TPSA) is 36.4 Å². The fourth-order valence-corrected chi connectivity index (χ4v) is 4.81. The van der Waals surface area contributed by atoms with Crippen molar-refractivity contribution >= 4 is 44.5 Å². The molecule has 0 radical (unpaired) electrons. The van der Waals surface area contributed by atoms with Crippen LogP contribution in [0, 0.1) is 0 Å². The first-order valence-corrected chi connectivity index (χ1v) is 9.34. The summed E-state index contributed by atoms with van der Waals surface area (Å²) in [5, 5.41) is 5.33. The highest BCUT2D eigenvalue weighted by molar-refractivity contribution is 9.10. The molecule has 3 heterocycles. The summed E-state index contributed by atoms with van der Waals surface area (Å²) in [6.07, 6.45) is 0. The van der Waals surface area contributed by atoms with E-state index in [1.807, 2.05) is 4.90 Å². The molecule has 7 heteroatoms. The van der Waals surface area contributed by atoms with Crippen LogP contribution in [0.5, 0.6) is 0 Å². The summed E-state index contributed by atoms with van der Waals surface area (Å²) in [4.78, 5) is 21.5. The van der Waals surface area contributed by atoms with E-state index < -0.39 is 0 Å². The second kappa shape index (κ2) is 6.56. The van der Waals surface area contributed by atoms with Crippen LogP contribution >= 0.6 is 38.6 Å². The zero-order valence-electron chi connectivity index (χ0n) is 11.7. The molecule has 0 aromatic carbocycles. The van der Waals surface area contributed by atoms with E-state index in [-0.39, 0.29) is 5.91 Å². The molecule has 0 bridgehead atoms. The number of halogens is 1. The maximum Gasteiger partial charge on any atom is 0.219 e. The molecular formula is C14H16BrN3OS2. The summed E-state index contributed by atoms with van der Waals surface area (Å²) < 4.78 is 1.11. The summed E-state index contributed by atoms with van der Waals surface area (Å²) in [5.74, 6) is 0.175. The van der Waals surface area contributed by atoms with Crippen molar-refractivity contribution in [1.82, 2.24) is 14.8 Å². The fourth-order valence-electron chi connectivity index (χ4n) is 2.38. The third-order valence-corrected chi connectivity index (χ3v) is 6.27. The number of amides is 1. The molecule has 4 nitrogen and oxygen atoms in total. The Morgan fingerprint density at radius 1 is 1.33 bits per heavy atom. The number of rotatable bonds is 3. The fraction of sp³-hybridized carbons (Fsp3) is 0.429. The van der Waals surface area contributed by atoms with E-state index in [1.54, 1.807) is 29.6 Å². The smallest absolute Gasteiger partial charge is 0.219 e. The van der Waals surface area contributed by atoms with Crippen molar-refractivity contribution in [3.8, 4) is 10.6 Å². The molecule has 1 aliphatic heterocycles. The van der Waals surface area contributed by atoms with Gasteiger partial charge in [0.25, 0.3) is 0 Å². The molecule has 0 unspecified atom stereocenters. The summed E-state index contributed by atoms with van der Waals surface area (Å²) in [6.45, 7) is 6.02. The first-order chi connectivity index (χ1) is 10.1. The van der Waals surface area contributed by atoms with Gasteiger partial charge in [0.1, 0.15) is 5.01 Å². The van der Waals surface area contributed by atoms with Gasteiger partial charge in [-0.3, -0.25) is 9.69 Å². The van der Waals surface area contributed by atoms with Crippen molar-refractivity contribution in [2.75, 3.05) is 26.2 Å². The van der Waals surface area contributed by atoms with Gasteiger partial charge >= 0.3 is 0 Å². The molecule has 3 rings (SSSR count). The predicted octanol–water partition coefficient (Wildman–Crippen LogP) is 3.30. The van der Waals surface area contributed by atoms with Crippen LogP contribution in [0.4, 0.5) is 0 Å². The van der Waals surface area contributed by atoms with Crippen LogP contribution in [-0.4, -0.2) is 46.9 Å². The van der Waals surface area contributed by atoms with Gasteiger partial charge in [0.15, 0.2) is 0 Å². The number of thiophene rings is 1. The molecule has 1 aliphatic rings. The van der Waals surface area contributed by atoms with Gasteiger partial charge < -0.3 is 4.90 Å². The Labute approximate surface area is 140 Å². The third kappa shape index (κ3) is 3.53. The van der Waals surface area contributed by atoms with Gasteiger partial charge in [0.05, 0.1) is 17.1 Å². The highest BCUT2D eigenvalue weighted by Gasteiger charge is 2.19. The summed E-state index contributed by atoms with van der Waals surface area (Å²) >= 11 is 6.97. The Morgan fingerprint density at radius 3 is 2.71 bits per heavy atom. The predicted molar refractivity (Wildman–Crippen MR) is 90.7 cm³/mol. The van der Waals surface area contributed by atoms with Gasteiger partial charge in [-0.1, -0.05) is 0 Å². The lowest BCUT2D eigenvalue weighted by Gasteiger charge is -2.33. The molecule has 1 fully saturated rings. The van der Waals surface area contributed by atoms with Crippen LogP contribution in [0.1, 0.15) is 11.9 Å². The Morgan fingerprint density at radius 2 is 2.10 bits per heavy atom. The monoisotopic (exact) mass is 385 g/mol. The van der Waals surface area contributed by atoms with Crippen LogP contribution in [-0.2, 0) is 11.3 Å². The van der Waals surface area contributed by atoms with E-state index in [4.69, 9.17) is 4.98 Å². The number of hydrogen-bond acceptors (Lipinski definition) is 5. The van der Waals surface area contributed by atoms with Crippen molar-refractivity contribution in [2.24, 2.45) is 0 Å². The molecule has 2 aromatic rings. The Kier molecular flexibility index (Phi) is 4.73. The summed E-state index contributed by atoms with van der Waals surface area (Å²) in [7, 11) is 0. The molecule has 21 heavy (non-hydrogen) atoms. The highest BCUT2D eigenvalue weighted by atomic mass is 79.9. The van der Waals surface area contributed by atoms with Crippen LogP contribution in [0.2, 0.25) is 0 Å². The van der Waals surface area contributed by atoms with Crippen LogP contribution in [0.3, 0.4) is 0 Å². The molecule has 0 saturated carbocycles. The van der Waals surface area contributed by atoms with Crippen molar-refractivity contribution in [2.45, 2.75) is 13.5 Å². The number of aromatic nitrogens is 1. The molecule has 0 N–H and O–H groups in total. The van der Waals surface area contributed by atoms with Gasteiger partial charge in [-0.05, 0) is 27.4 Å². The second-order valence-electron chi connectivity index (χ2n) is 5.01. The first kappa shape index (κ1) is 15.1. The molecule has 112 valence electrons. The van der Waals surface area contributed by atoms with Crippen molar-refractivity contribution in [3.05, 3.63) is 26.3 Å². The zero-order chi connectivity index (χ0) is 14.8.